The molecule has 0 radical (unpaired) electrons. The van der Waals surface area contributed by atoms with Crippen molar-refractivity contribution in [3.8, 4) is 11.1 Å². The Hall–Kier alpha value is -3.00. The van der Waals surface area contributed by atoms with Crippen LogP contribution in [0.4, 0.5) is 0 Å². The standard InChI is InChI=1S/C16H16O.C11H14O/c1-11-9-15(14-7-5-4-6-8-14)10-12(2)16(11)13(3)17;1-7-5-8(2)11(10(4)12)9(3)6-7/h4-10H,1-3H3;5-6H,1-4H3. The van der Waals surface area contributed by atoms with Crippen LogP contribution in [0.15, 0.2) is 54.6 Å². The fourth-order valence-electron chi connectivity index (χ4n) is 4.05. The molecule has 0 saturated heterocycles. The molecule has 3 aromatic carbocycles. The first-order valence-corrected chi connectivity index (χ1v) is 9.88. The first-order chi connectivity index (χ1) is 13.6. The molecular formula is C27H30O2. The zero-order valence-corrected chi connectivity index (χ0v) is 18.5. The first-order valence-electron chi connectivity index (χ1n) is 9.88. The van der Waals surface area contributed by atoms with Crippen LogP contribution < -0.4 is 0 Å². The highest BCUT2D eigenvalue weighted by molar-refractivity contribution is 5.98. The summed E-state index contributed by atoms with van der Waals surface area (Å²) in [5.74, 6) is 0.296. The molecule has 2 nitrogen and oxygen atoms in total. The lowest BCUT2D eigenvalue weighted by atomic mass is 9.94. The Morgan fingerprint density at radius 3 is 1.31 bits per heavy atom. The quantitative estimate of drug-likeness (QED) is 0.455. The minimum absolute atomic E-state index is 0.139. The minimum Gasteiger partial charge on any atom is -0.294 e. The van der Waals surface area contributed by atoms with E-state index < -0.39 is 0 Å². The largest absolute Gasteiger partial charge is 0.294 e. The summed E-state index contributed by atoms with van der Waals surface area (Å²) in [4.78, 5) is 22.7. The molecule has 0 atom stereocenters. The summed E-state index contributed by atoms with van der Waals surface area (Å²) in [6.07, 6.45) is 0. The van der Waals surface area contributed by atoms with Crippen LogP contribution in [0.2, 0.25) is 0 Å². The molecule has 0 heterocycles. The number of aryl methyl sites for hydroxylation is 5. The monoisotopic (exact) mass is 386 g/mol. The Morgan fingerprint density at radius 1 is 0.552 bits per heavy atom. The van der Waals surface area contributed by atoms with Crippen LogP contribution in [0.5, 0.6) is 0 Å². The van der Waals surface area contributed by atoms with Crippen molar-refractivity contribution < 1.29 is 9.59 Å². The van der Waals surface area contributed by atoms with Gasteiger partial charge in [-0.1, -0.05) is 60.2 Å². The third-order valence-electron chi connectivity index (χ3n) is 5.02. The zero-order valence-electron chi connectivity index (χ0n) is 18.5. The van der Waals surface area contributed by atoms with Crippen molar-refractivity contribution in [3.05, 3.63) is 93.5 Å². The summed E-state index contributed by atoms with van der Waals surface area (Å²) in [7, 11) is 0. The number of rotatable bonds is 3. The van der Waals surface area contributed by atoms with Crippen molar-refractivity contribution in [2.45, 2.75) is 48.5 Å². The summed E-state index contributed by atoms with van der Waals surface area (Å²) >= 11 is 0. The van der Waals surface area contributed by atoms with Crippen molar-refractivity contribution in [1.82, 2.24) is 0 Å². The fraction of sp³-hybridized carbons (Fsp3) is 0.259. The highest BCUT2D eigenvalue weighted by atomic mass is 16.1. The van der Waals surface area contributed by atoms with Crippen LogP contribution in [0.3, 0.4) is 0 Å². The lowest BCUT2D eigenvalue weighted by Gasteiger charge is -2.10. The third-order valence-corrected chi connectivity index (χ3v) is 5.02. The zero-order chi connectivity index (χ0) is 21.7. The van der Waals surface area contributed by atoms with Crippen LogP contribution in [-0.4, -0.2) is 11.6 Å². The molecule has 150 valence electrons. The van der Waals surface area contributed by atoms with E-state index in [-0.39, 0.29) is 11.6 Å². The second-order valence-corrected chi connectivity index (χ2v) is 7.74. The molecule has 0 fully saturated rings. The number of Topliss-reactive ketones (excluding diaryl/α,β-unsaturated/α-hetero) is 2. The van der Waals surface area contributed by atoms with Crippen molar-refractivity contribution in [3.63, 3.8) is 0 Å². The van der Waals surface area contributed by atoms with Crippen molar-refractivity contribution in [2.75, 3.05) is 0 Å². The van der Waals surface area contributed by atoms with Gasteiger partial charge in [-0.25, -0.2) is 0 Å². The van der Waals surface area contributed by atoms with Crippen LogP contribution in [0.25, 0.3) is 11.1 Å². The van der Waals surface area contributed by atoms with Crippen LogP contribution in [0.1, 0.15) is 62.4 Å². The summed E-state index contributed by atoms with van der Waals surface area (Å²) in [6.45, 7) is 13.2. The summed E-state index contributed by atoms with van der Waals surface area (Å²) in [5.41, 5.74) is 9.58. The van der Waals surface area contributed by atoms with Crippen LogP contribution in [-0.2, 0) is 0 Å². The second kappa shape index (κ2) is 9.47. The predicted octanol–water partition coefficient (Wildman–Crippen LogP) is 6.99. The molecule has 0 aliphatic rings. The molecule has 0 spiro atoms. The normalized spacial score (nSPS) is 10.2. The average molecular weight is 387 g/mol. The lowest BCUT2D eigenvalue weighted by molar-refractivity contribution is 0.100. The van der Waals surface area contributed by atoms with E-state index in [0.29, 0.717) is 0 Å². The molecule has 29 heavy (non-hydrogen) atoms. The Bertz CT molecular complexity index is 997. The molecule has 0 amide bonds. The highest BCUT2D eigenvalue weighted by Crippen LogP contribution is 2.25. The van der Waals surface area contributed by atoms with Gasteiger partial charge in [0.1, 0.15) is 0 Å². The van der Waals surface area contributed by atoms with Crippen molar-refractivity contribution in [1.29, 1.82) is 0 Å². The van der Waals surface area contributed by atoms with Gasteiger partial charge in [-0.15, -0.1) is 0 Å². The van der Waals surface area contributed by atoms with Crippen LogP contribution in [0, 0.1) is 34.6 Å². The van der Waals surface area contributed by atoms with E-state index in [9.17, 15) is 9.59 Å². The molecule has 0 aliphatic heterocycles. The number of carbonyl (C=O) groups excluding carboxylic acids is 2. The molecule has 0 aromatic heterocycles. The first kappa shape index (κ1) is 22.3. The Morgan fingerprint density at radius 2 is 0.931 bits per heavy atom. The van der Waals surface area contributed by atoms with Gasteiger partial charge in [0.15, 0.2) is 11.6 Å². The maximum atomic E-state index is 11.5. The second-order valence-electron chi connectivity index (χ2n) is 7.74. The molecule has 2 heteroatoms. The predicted molar refractivity (Wildman–Crippen MR) is 122 cm³/mol. The van der Waals surface area contributed by atoms with Gasteiger partial charge in [0.25, 0.3) is 0 Å². The Kier molecular flexibility index (Phi) is 7.28. The summed E-state index contributed by atoms with van der Waals surface area (Å²) in [6, 6.07) is 18.5. The minimum atomic E-state index is 0.139. The van der Waals surface area contributed by atoms with Gasteiger partial charge in [0.2, 0.25) is 0 Å². The van der Waals surface area contributed by atoms with E-state index >= 15 is 0 Å². The van der Waals surface area contributed by atoms with Gasteiger partial charge in [-0.05, 0) is 81.8 Å². The van der Waals surface area contributed by atoms with Crippen molar-refractivity contribution >= 4 is 11.6 Å². The number of benzene rings is 3. The number of carbonyl (C=O) groups is 2. The van der Waals surface area contributed by atoms with E-state index in [1.54, 1.807) is 13.8 Å². The van der Waals surface area contributed by atoms with Gasteiger partial charge in [0, 0.05) is 11.1 Å². The van der Waals surface area contributed by atoms with E-state index in [1.807, 2.05) is 65.0 Å². The summed E-state index contributed by atoms with van der Waals surface area (Å²) in [5, 5.41) is 0. The number of ketones is 2. The van der Waals surface area contributed by atoms with E-state index in [2.05, 4.69) is 24.3 Å². The molecule has 0 unspecified atom stereocenters. The topological polar surface area (TPSA) is 34.1 Å². The SMILES string of the molecule is CC(=O)c1c(C)cc(-c2ccccc2)cc1C.CC(=O)c1c(C)cc(C)cc1C. The average Bonchev–Trinajstić information content (AvgIpc) is 2.60. The Balaban J connectivity index is 0.000000221. The number of hydrogen-bond acceptors (Lipinski definition) is 2. The third kappa shape index (κ3) is 5.51. The van der Waals surface area contributed by atoms with Crippen molar-refractivity contribution in [2.24, 2.45) is 0 Å². The van der Waals surface area contributed by atoms with E-state index in [1.165, 1.54) is 16.7 Å². The fourth-order valence-corrected chi connectivity index (χ4v) is 4.05. The van der Waals surface area contributed by atoms with Crippen LogP contribution >= 0.6 is 0 Å². The smallest absolute Gasteiger partial charge is 0.160 e. The van der Waals surface area contributed by atoms with Gasteiger partial charge in [-0.2, -0.15) is 0 Å². The molecule has 0 aliphatic carbocycles. The summed E-state index contributed by atoms with van der Waals surface area (Å²) < 4.78 is 0. The maximum Gasteiger partial charge on any atom is 0.160 e. The highest BCUT2D eigenvalue weighted by Gasteiger charge is 2.10. The van der Waals surface area contributed by atoms with Gasteiger partial charge < -0.3 is 0 Å². The molecular weight excluding hydrogens is 356 g/mol. The number of hydrogen-bond donors (Lipinski definition) is 0. The molecule has 0 bridgehead atoms. The van der Waals surface area contributed by atoms with E-state index in [0.717, 1.165) is 33.4 Å². The maximum absolute atomic E-state index is 11.5. The van der Waals surface area contributed by atoms with Gasteiger partial charge in [0.05, 0.1) is 0 Å². The molecule has 0 saturated carbocycles. The molecule has 3 aromatic rings. The van der Waals surface area contributed by atoms with Gasteiger partial charge in [-0.3, -0.25) is 9.59 Å². The molecule has 0 N–H and O–H groups in total. The van der Waals surface area contributed by atoms with E-state index in [4.69, 9.17) is 0 Å². The van der Waals surface area contributed by atoms with Gasteiger partial charge >= 0.3 is 0 Å². The Labute approximate surface area is 174 Å². The molecule has 3 rings (SSSR count). The lowest BCUT2D eigenvalue weighted by Crippen LogP contribution is -2.00.